The molecule has 3 aromatic heterocycles. The Labute approximate surface area is 182 Å². The second-order valence-corrected chi connectivity index (χ2v) is 6.89. The lowest BCUT2D eigenvalue weighted by molar-refractivity contribution is 0.556. The molecule has 0 bridgehead atoms. The van der Waals surface area contributed by atoms with E-state index in [4.69, 9.17) is 19.4 Å². The van der Waals surface area contributed by atoms with Crippen molar-refractivity contribution in [1.29, 1.82) is 10.5 Å². The number of furan rings is 2. The van der Waals surface area contributed by atoms with E-state index in [1.165, 1.54) is 0 Å². The first-order chi connectivity index (χ1) is 15.0. The minimum absolute atomic E-state index is 0.636. The summed E-state index contributed by atoms with van der Waals surface area (Å²) < 4.78 is 14.1. The van der Waals surface area contributed by atoms with E-state index in [-0.39, 0.29) is 0 Å². The summed E-state index contributed by atoms with van der Waals surface area (Å²) in [5.41, 5.74) is 3.19. The van der Waals surface area contributed by atoms with Crippen molar-refractivity contribution in [3.63, 3.8) is 0 Å². The summed E-state index contributed by atoms with van der Waals surface area (Å²) in [6.07, 6.45) is 10.8. The summed E-state index contributed by atoms with van der Waals surface area (Å²) in [7, 11) is 0. The van der Waals surface area contributed by atoms with Gasteiger partial charge < -0.3 is 13.4 Å². The molecule has 0 fully saturated rings. The van der Waals surface area contributed by atoms with Crippen LogP contribution in [-0.4, -0.2) is 4.57 Å². The van der Waals surface area contributed by atoms with Gasteiger partial charge >= 0.3 is 0 Å². The number of nitrogens with zero attached hydrogens (tertiary/aromatic N) is 3. The van der Waals surface area contributed by atoms with Crippen LogP contribution in [0.3, 0.4) is 0 Å². The van der Waals surface area contributed by atoms with Crippen LogP contribution in [0.2, 0.25) is 0 Å². The number of allylic oxidation sites excluding steroid dienone is 6. The van der Waals surface area contributed by atoms with E-state index in [1.54, 1.807) is 38.2 Å². The molecular weight excluding hydrogens is 386 g/mol. The van der Waals surface area contributed by atoms with E-state index in [9.17, 15) is 0 Å². The first-order valence-corrected chi connectivity index (χ1v) is 9.95. The topological polar surface area (TPSA) is 78.8 Å². The molecule has 0 aromatic carbocycles. The first kappa shape index (κ1) is 21.5. The molecule has 5 nitrogen and oxygen atoms in total. The van der Waals surface area contributed by atoms with Crippen molar-refractivity contribution in [3.05, 3.63) is 83.4 Å². The molecule has 0 unspecified atom stereocenters. The fourth-order valence-corrected chi connectivity index (χ4v) is 3.05. The van der Waals surface area contributed by atoms with Crippen molar-refractivity contribution in [1.82, 2.24) is 4.57 Å². The summed E-state index contributed by atoms with van der Waals surface area (Å²) in [6, 6.07) is 15.9. The Morgan fingerprint density at radius 1 is 0.806 bits per heavy atom. The van der Waals surface area contributed by atoms with E-state index < -0.39 is 0 Å². The monoisotopic (exact) mass is 409 g/mol. The third-order valence-electron chi connectivity index (χ3n) is 4.62. The van der Waals surface area contributed by atoms with E-state index >= 15 is 0 Å². The molecule has 0 aliphatic carbocycles. The molecule has 0 aliphatic heterocycles. The van der Waals surface area contributed by atoms with Crippen LogP contribution in [0.15, 0.2) is 80.7 Å². The Morgan fingerprint density at radius 3 is 1.65 bits per heavy atom. The van der Waals surface area contributed by atoms with Crippen LogP contribution < -0.4 is 0 Å². The summed E-state index contributed by atoms with van der Waals surface area (Å²) in [6.45, 7) is 6.34. The van der Waals surface area contributed by atoms with Crippen LogP contribution in [0.25, 0.3) is 35.1 Å². The molecule has 0 spiro atoms. The summed E-state index contributed by atoms with van der Waals surface area (Å²) in [5.74, 6) is 2.96. The average molecular weight is 409 g/mol. The second kappa shape index (κ2) is 10.0. The first-order valence-electron chi connectivity index (χ1n) is 9.95. The number of nitriles is 2. The molecule has 0 amide bonds. The lowest BCUT2D eigenvalue weighted by Gasteiger charge is -2.08. The third-order valence-corrected chi connectivity index (χ3v) is 4.62. The lowest BCUT2D eigenvalue weighted by atomic mass is 10.3. The summed E-state index contributed by atoms with van der Waals surface area (Å²) in [4.78, 5) is 0. The van der Waals surface area contributed by atoms with Crippen molar-refractivity contribution in [2.45, 2.75) is 27.3 Å². The highest BCUT2D eigenvalue weighted by Crippen LogP contribution is 2.31. The second-order valence-electron chi connectivity index (χ2n) is 6.89. The van der Waals surface area contributed by atoms with Crippen LogP contribution in [0.5, 0.6) is 0 Å². The van der Waals surface area contributed by atoms with Gasteiger partial charge in [-0.2, -0.15) is 10.5 Å². The van der Waals surface area contributed by atoms with Crippen molar-refractivity contribution < 1.29 is 8.83 Å². The molecule has 0 radical (unpaired) electrons. The maximum absolute atomic E-state index is 8.81. The maximum atomic E-state index is 8.81. The molecule has 31 heavy (non-hydrogen) atoms. The Morgan fingerprint density at radius 2 is 1.26 bits per heavy atom. The van der Waals surface area contributed by atoms with E-state index in [0.29, 0.717) is 22.7 Å². The summed E-state index contributed by atoms with van der Waals surface area (Å²) in [5, 5.41) is 17.6. The molecule has 0 aliphatic rings. The molecular formula is C26H23N3O2. The molecule has 3 rings (SSSR count). The average Bonchev–Trinajstić information content (AvgIpc) is 3.52. The number of hydrogen-bond donors (Lipinski definition) is 0. The fraction of sp³-hybridized carbons (Fsp3) is 0.154. The van der Waals surface area contributed by atoms with E-state index in [1.807, 2.05) is 48.6 Å². The fourth-order valence-electron chi connectivity index (χ4n) is 3.05. The van der Waals surface area contributed by atoms with Crippen molar-refractivity contribution in [2.24, 2.45) is 0 Å². The van der Waals surface area contributed by atoms with Gasteiger partial charge in [-0.15, -0.1) is 0 Å². The predicted molar refractivity (Wildman–Crippen MR) is 122 cm³/mol. The Bertz CT molecular complexity index is 1160. The minimum Gasteiger partial charge on any atom is -0.455 e. The molecule has 0 atom stereocenters. The quantitative estimate of drug-likeness (QED) is 0.311. The maximum Gasteiger partial charge on any atom is 0.151 e. The van der Waals surface area contributed by atoms with E-state index in [2.05, 4.69) is 23.6 Å². The minimum atomic E-state index is 0.636. The zero-order valence-electron chi connectivity index (χ0n) is 17.8. The van der Waals surface area contributed by atoms with Gasteiger partial charge in [0, 0.05) is 17.7 Å². The standard InChI is InChI=1S/C26H23N3O2/c1-4-29-23(25-15-11-21(30-25)9-5-7-19(2)17-27)13-14-24(29)26-16-12-22(31-26)10-6-8-20(3)18-28/h5-16H,4H2,1-3H3/b9-5+,10-6+,19-7-,20-8-. The SMILES string of the molecule is CCn1c(-c2ccc(/C=C/C=C(/C)C#N)o2)ccc1-c1ccc(/C=C/C=C(/C)C#N)o1. The van der Waals surface area contributed by atoms with Crippen molar-refractivity contribution >= 4 is 12.2 Å². The van der Waals surface area contributed by atoms with Gasteiger partial charge in [0.25, 0.3) is 0 Å². The molecule has 5 heteroatoms. The van der Waals surface area contributed by atoms with Crippen LogP contribution in [0, 0.1) is 22.7 Å². The Kier molecular flexibility index (Phi) is 6.93. The summed E-state index contributed by atoms with van der Waals surface area (Å²) >= 11 is 0. The van der Waals surface area contributed by atoms with Gasteiger partial charge in [0.1, 0.15) is 11.5 Å². The molecule has 0 saturated heterocycles. The van der Waals surface area contributed by atoms with Gasteiger partial charge in [-0.3, -0.25) is 0 Å². The van der Waals surface area contributed by atoms with Crippen molar-refractivity contribution in [3.8, 4) is 35.0 Å². The molecule has 0 saturated carbocycles. The van der Waals surface area contributed by atoms with Crippen molar-refractivity contribution in [2.75, 3.05) is 0 Å². The number of aromatic nitrogens is 1. The normalized spacial score (nSPS) is 12.5. The zero-order valence-corrected chi connectivity index (χ0v) is 17.8. The van der Waals surface area contributed by atoms with Crippen LogP contribution in [0.4, 0.5) is 0 Å². The highest BCUT2D eigenvalue weighted by atomic mass is 16.3. The predicted octanol–water partition coefficient (Wildman–Crippen LogP) is 6.99. The Balaban J connectivity index is 1.84. The van der Waals surface area contributed by atoms with Gasteiger partial charge in [-0.25, -0.2) is 0 Å². The highest BCUT2D eigenvalue weighted by Gasteiger charge is 2.15. The van der Waals surface area contributed by atoms with Gasteiger partial charge in [0.2, 0.25) is 0 Å². The Hall–Kier alpha value is -4.22. The largest absolute Gasteiger partial charge is 0.455 e. The van der Waals surface area contributed by atoms with Gasteiger partial charge in [0.15, 0.2) is 11.5 Å². The molecule has 3 heterocycles. The van der Waals surface area contributed by atoms with Gasteiger partial charge in [0.05, 0.1) is 23.5 Å². The van der Waals surface area contributed by atoms with Crippen LogP contribution in [-0.2, 0) is 6.54 Å². The highest BCUT2D eigenvalue weighted by molar-refractivity contribution is 5.66. The third kappa shape index (κ3) is 5.23. The lowest BCUT2D eigenvalue weighted by Crippen LogP contribution is -1.98. The molecule has 0 N–H and O–H groups in total. The smallest absolute Gasteiger partial charge is 0.151 e. The van der Waals surface area contributed by atoms with Crippen LogP contribution in [0.1, 0.15) is 32.3 Å². The van der Waals surface area contributed by atoms with Gasteiger partial charge in [-0.1, -0.05) is 12.2 Å². The van der Waals surface area contributed by atoms with E-state index in [0.717, 1.165) is 29.5 Å². The van der Waals surface area contributed by atoms with Gasteiger partial charge in [-0.05, 0) is 81.5 Å². The molecule has 154 valence electrons. The number of rotatable bonds is 7. The number of hydrogen-bond acceptors (Lipinski definition) is 4. The molecule has 3 aromatic rings. The zero-order chi connectivity index (χ0) is 22.2. The van der Waals surface area contributed by atoms with Crippen LogP contribution >= 0.6 is 0 Å².